The molecular weight excluding hydrogens is 168 g/mol. The Balaban J connectivity index is 3.66. The van der Waals surface area contributed by atoms with Gasteiger partial charge in [-0.3, -0.25) is 0 Å². The van der Waals surface area contributed by atoms with Crippen molar-refractivity contribution in [2.24, 2.45) is 0 Å². The zero-order valence-electron chi connectivity index (χ0n) is 8.76. The maximum atomic E-state index is 2.61. The van der Waals surface area contributed by atoms with Gasteiger partial charge >= 0.3 is 0 Å². The van der Waals surface area contributed by atoms with Crippen molar-refractivity contribution in [1.82, 2.24) is 8.80 Å². The number of hydrogen-bond acceptors (Lipinski definition) is 2. The standard InChI is InChI=1S/C7H22N2Si2/c1-6(2)8(5)11-9(10)7(3)4/h6-7H,11H2,1-5,10H3. The number of hydrogen-bond donors (Lipinski definition) is 0. The summed E-state index contributed by atoms with van der Waals surface area (Å²) in [5, 5.41) is 0. The van der Waals surface area contributed by atoms with Crippen LogP contribution in [0, 0.1) is 0 Å². The van der Waals surface area contributed by atoms with Crippen LogP contribution in [0.3, 0.4) is 0 Å². The lowest BCUT2D eigenvalue weighted by atomic mass is 10.4. The second-order valence-corrected chi connectivity index (χ2v) is 8.53. The first-order chi connectivity index (χ1) is 4.95. The van der Waals surface area contributed by atoms with Crippen molar-refractivity contribution in [1.29, 1.82) is 0 Å². The summed E-state index contributed by atoms with van der Waals surface area (Å²) in [5.74, 6) is 0. The first kappa shape index (κ1) is 11.4. The van der Waals surface area contributed by atoms with E-state index in [1.54, 1.807) is 0 Å². The Bertz CT molecular complexity index is 94.6. The zero-order chi connectivity index (χ0) is 9.02. The summed E-state index contributed by atoms with van der Waals surface area (Å²) < 4.78 is 5.12. The molecule has 0 radical (unpaired) electrons. The second-order valence-electron chi connectivity index (χ2n) is 3.84. The highest BCUT2D eigenvalue weighted by atomic mass is 28.3. The molecule has 0 rings (SSSR count). The first-order valence-electron chi connectivity index (χ1n) is 4.35. The van der Waals surface area contributed by atoms with E-state index in [0.29, 0.717) is 0 Å². The Kier molecular flexibility index (Phi) is 5.24. The quantitative estimate of drug-likeness (QED) is 0.542. The zero-order valence-corrected chi connectivity index (χ0v) is 12.2. The highest BCUT2D eigenvalue weighted by Gasteiger charge is 2.08. The molecule has 0 aromatic rings. The van der Waals surface area contributed by atoms with Crippen LogP contribution in [-0.4, -0.2) is 48.2 Å². The van der Waals surface area contributed by atoms with Crippen LogP contribution in [0.2, 0.25) is 0 Å². The van der Waals surface area contributed by atoms with E-state index in [1.165, 1.54) is 10.4 Å². The summed E-state index contributed by atoms with van der Waals surface area (Å²) in [6.07, 6.45) is 0. The van der Waals surface area contributed by atoms with Crippen molar-refractivity contribution >= 4 is 20.2 Å². The molecule has 0 saturated carbocycles. The fraction of sp³-hybridized carbons (Fsp3) is 1.00. The minimum Gasteiger partial charge on any atom is -0.344 e. The summed E-state index contributed by atoms with van der Waals surface area (Å²) in [6, 6.07) is 1.48. The van der Waals surface area contributed by atoms with Gasteiger partial charge in [0.15, 0.2) is 9.84 Å². The monoisotopic (exact) mass is 190 g/mol. The average Bonchev–Trinajstić information content (AvgIpc) is 1.87. The molecule has 0 aliphatic carbocycles. The Morgan fingerprint density at radius 3 is 1.82 bits per heavy atom. The molecule has 0 saturated heterocycles. The van der Waals surface area contributed by atoms with Crippen LogP contribution in [0.25, 0.3) is 0 Å². The van der Waals surface area contributed by atoms with Crippen LogP contribution in [-0.2, 0) is 0 Å². The van der Waals surface area contributed by atoms with Crippen molar-refractivity contribution in [3.63, 3.8) is 0 Å². The fourth-order valence-corrected chi connectivity index (χ4v) is 3.37. The van der Waals surface area contributed by atoms with Gasteiger partial charge < -0.3 is 8.80 Å². The van der Waals surface area contributed by atoms with Crippen LogP contribution < -0.4 is 0 Å². The third-order valence-corrected chi connectivity index (χ3v) is 6.44. The van der Waals surface area contributed by atoms with Gasteiger partial charge in [0, 0.05) is 0 Å². The molecule has 0 fully saturated rings. The smallest absolute Gasteiger partial charge is 0.165 e. The summed E-state index contributed by atoms with van der Waals surface area (Å²) in [4.78, 5) is 0. The molecule has 0 aliphatic heterocycles. The Labute approximate surface area is 76.4 Å². The fourth-order valence-electron chi connectivity index (χ4n) is 0.678. The van der Waals surface area contributed by atoms with Gasteiger partial charge in [0.25, 0.3) is 0 Å². The van der Waals surface area contributed by atoms with Crippen molar-refractivity contribution in [3.05, 3.63) is 0 Å². The molecule has 0 heterocycles. The molecule has 0 unspecified atom stereocenters. The highest BCUT2D eigenvalue weighted by molar-refractivity contribution is 6.39. The van der Waals surface area contributed by atoms with Crippen molar-refractivity contribution in [3.8, 4) is 0 Å². The van der Waals surface area contributed by atoms with Gasteiger partial charge in [-0.1, -0.05) is 27.7 Å². The maximum Gasteiger partial charge on any atom is 0.165 e. The molecule has 68 valence electrons. The van der Waals surface area contributed by atoms with E-state index < -0.39 is 0 Å². The molecule has 11 heavy (non-hydrogen) atoms. The third-order valence-electron chi connectivity index (χ3n) is 2.21. The topological polar surface area (TPSA) is 6.48 Å². The normalized spacial score (nSPS) is 13.9. The van der Waals surface area contributed by atoms with Crippen LogP contribution in [0.1, 0.15) is 27.7 Å². The Morgan fingerprint density at radius 1 is 1.09 bits per heavy atom. The van der Waals surface area contributed by atoms with Crippen LogP contribution >= 0.6 is 0 Å². The first-order valence-corrected chi connectivity index (χ1v) is 6.51. The van der Waals surface area contributed by atoms with Crippen LogP contribution in [0.5, 0.6) is 0 Å². The van der Waals surface area contributed by atoms with E-state index in [1.807, 2.05) is 0 Å². The minimum absolute atomic E-state index is 0.106. The van der Waals surface area contributed by atoms with E-state index in [0.717, 1.165) is 12.1 Å². The highest BCUT2D eigenvalue weighted by Crippen LogP contribution is 1.95. The van der Waals surface area contributed by atoms with Gasteiger partial charge in [0.2, 0.25) is 0 Å². The number of rotatable bonds is 4. The number of nitrogens with zero attached hydrogens (tertiary/aromatic N) is 2. The molecule has 0 aliphatic rings. The van der Waals surface area contributed by atoms with Gasteiger partial charge in [-0.25, -0.2) is 0 Å². The SMILES string of the molecule is CC(C)N(C)[SiH2]N([SiH3])C(C)C. The lowest BCUT2D eigenvalue weighted by molar-refractivity contribution is 0.401. The molecule has 0 aromatic carbocycles. The molecular formula is C7H22N2Si2. The van der Waals surface area contributed by atoms with E-state index in [-0.39, 0.29) is 9.84 Å². The van der Waals surface area contributed by atoms with E-state index in [4.69, 9.17) is 0 Å². The third kappa shape index (κ3) is 4.73. The van der Waals surface area contributed by atoms with Crippen LogP contribution in [0.15, 0.2) is 0 Å². The molecule has 2 nitrogen and oxygen atoms in total. The summed E-state index contributed by atoms with van der Waals surface area (Å²) in [5.41, 5.74) is 0. The van der Waals surface area contributed by atoms with Gasteiger partial charge in [-0.05, 0) is 19.1 Å². The summed E-state index contributed by atoms with van der Waals surface area (Å²) >= 11 is 0. The molecule has 0 aromatic heterocycles. The predicted octanol–water partition coefficient (Wildman–Crippen LogP) is -0.684. The molecule has 4 heteroatoms. The molecule has 0 atom stereocenters. The molecule has 0 amide bonds. The van der Waals surface area contributed by atoms with Gasteiger partial charge in [0.05, 0.1) is 10.4 Å². The van der Waals surface area contributed by atoms with Gasteiger partial charge in [-0.2, -0.15) is 0 Å². The molecule has 0 N–H and O–H groups in total. The van der Waals surface area contributed by atoms with Crippen molar-refractivity contribution in [2.75, 3.05) is 7.05 Å². The maximum absolute atomic E-state index is 2.61. The molecule has 0 spiro atoms. The average molecular weight is 190 g/mol. The summed E-state index contributed by atoms with van der Waals surface area (Å²) in [7, 11) is 3.35. The lowest BCUT2D eigenvalue weighted by Gasteiger charge is -2.29. The van der Waals surface area contributed by atoms with E-state index in [9.17, 15) is 0 Å². The van der Waals surface area contributed by atoms with Gasteiger partial charge in [0.1, 0.15) is 0 Å². The van der Waals surface area contributed by atoms with Crippen molar-refractivity contribution in [2.45, 2.75) is 39.8 Å². The van der Waals surface area contributed by atoms with Crippen LogP contribution in [0.4, 0.5) is 0 Å². The minimum atomic E-state index is -0.106. The van der Waals surface area contributed by atoms with E-state index in [2.05, 4.69) is 43.5 Å². The van der Waals surface area contributed by atoms with Crippen molar-refractivity contribution < 1.29 is 0 Å². The van der Waals surface area contributed by atoms with Gasteiger partial charge in [-0.15, -0.1) is 0 Å². The molecule has 0 bridgehead atoms. The summed E-state index contributed by atoms with van der Waals surface area (Å²) in [6.45, 7) is 9.10. The second kappa shape index (κ2) is 5.08. The lowest BCUT2D eigenvalue weighted by Crippen LogP contribution is -2.44. The van der Waals surface area contributed by atoms with E-state index >= 15 is 0 Å². The Morgan fingerprint density at radius 2 is 1.55 bits per heavy atom. The largest absolute Gasteiger partial charge is 0.344 e. The Hall–Kier alpha value is 0.354. The predicted molar refractivity (Wildman–Crippen MR) is 58.4 cm³/mol.